The SMILES string of the molecule is c1ccc(SC[C@H]2CCC3CC[C@@H](CSc4ccccc4)N32)cc1. The smallest absolute Gasteiger partial charge is 0.0196 e. The molecule has 4 rings (SSSR count). The lowest BCUT2D eigenvalue weighted by Crippen LogP contribution is -2.40. The van der Waals surface area contributed by atoms with Gasteiger partial charge >= 0.3 is 0 Å². The van der Waals surface area contributed by atoms with Gasteiger partial charge in [-0.2, -0.15) is 0 Å². The fourth-order valence-electron chi connectivity index (χ4n) is 4.16. The highest BCUT2D eigenvalue weighted by atomic mass is 32.2. The van der Waals surface area contributed by atoms with E-state index in [4.69, 9.17) is 0 Å². The summed E-state index contributed by atoms with van der Waals surface area (Å²) in [6.45, 7) is 0. The molecule has 0 saturated carbocycles. The molecule has 3 heteroatoms. The van der Waals surface area contributed by atoms with Gasteiger partial charge in [0.1, 0.15) is 0 Å². The Bertz CT molecular complexity index is 575. The minimum atomic E-state index is 0.768. The normalized spacial score (nSPS) is 26.6. The first-order chi connectivity index (χ1) is 11.9. The maximum atomic E-state index is 2.88. The van der Waals surface area contributed by atoms with E-state index in [2.05, 4.69) is 65.6 Å². The summed E-state index contributed by atoms with van der Waals surface area (Å²) in [5, 5.41) is 0. The zero-order chi connectivity index (χ0) is 16.2. The average Bonchev–Trinajstić information content (AvgIpc) is 3.22. The van der Waals surface area contributed by atoms with E-state index in [0.29, 0.717) is 0 Å². The van der Waals surface area contributed by atoms with Gasteiger partial charge in [0.2, 0.25) is 0 Å². The highest BCUT2D eigenvalue weighted by Gasteiger charge is 2.42. The molecule has 0 amide bonds. The molecule has 2 aliphatic rings. The highest BCUT2D eigenvalue weighted by Crippen LogP contribution is 2.40. The number of fused-ring (bicyclic) bond motifs is 1. The predicted octanol–water partition coefficient (Wildman–Crippen LogP) is 5.57. The van der Waals surface area contributed by atoms with Gasteiger partial charge in [0.25, 0.3) is 0 Å². The van der Waals surface area contributed by atoms with Gasteiger partial charge < -0.3 is 0 Å². The van der Waals surface area contributed by atoms with Crippen molar-refractivity contribution in [3.05, 3.63) is 60.7 Å². The largest absolute Gasteiger partial charge is 0.293 e. The van der Waals surface area contributed by atoms with E-state index in [1.54, 1.807) is 0 Å². The molecule has 2 aromatic carbocycles. The summed E-state index contributed by atoms with van der Waals surface area (Å²) in [4.78, 5) is 5.71. The van der Waals surface area contributed by atoms with Crippen LogP contribution in [0.15, 0.2) is 70.5 Å². The third-order valence-corrected chi connectivity index (χ3v) is 7.62. The van der Waals surface area contributed by atoms with Gasteiger partial charge in [0.05, 0.1) is 0 Å². The second-order valence-electron chi connectivity index (χ2n) is 6.81. The van der Waals surface area contributed by atoms with Crippen molar-refractivity contribution in [2.45, 2.75) is 53.6 Å². The molecule has 1 nitrogen and oxygen atoms in total. The topological polar surface area (TPSA) is 3.24 Å². The van der Waals surface area contributed by atoms with Gasteiger partial charge in [-0.25, -0.2) is 0 Å². The van der Waals surface area contributed by atoms with Crippen molar-refractivity contribution in [1.82, 2.24) is 4.90 Å². The summed E-state index contributed by atoms with van der Waals surface area (Å²) in [7, 11) is 0. The van der Waals surface area contributed by atoms with Crippen LogP contribution in [0, 0.1) is 0 Å². The van der Waals surface area contributed by atoms with Crippen molar-refractivity contribution in [2.24, 2.45) is 0 Å². The van der Waals surface area contributed by atoms with Crippen molar-refractivity contribution in [1.29, 1.82) is 0 Å². The minimum Gasteiger partial charge on any atom is -0.293 e. The molecular formula is C21H25NS2. The van der Waals surface area contributed by atoms with E-state index in [1.807, 2.05) is 23.5 Å². The molecule has 2 heterocycles. The van der Waals surface area contributed by atoms with Crippen LogP contribution >= 0.6 is 23.5 Å². The van der Waals surface area contributed by atoms with Crippen molar-refractivity contribution in [2.75, 3.05) is 11.5 Å². The average molecular weight is 356 g/mol. The molecule has 24 heavy (non-hydrogen) atoms. The Balaban J connectivity index is 1.35. The van der Waals surface area contributed by atoms with Crippen LogP contribution < -0.4 is 0 Å². The van der Waals surface area contributed by atoms with Crippen LogP contribution in [0.25, 0.3) is 0 Å². The van der Waals surface area contributed by atoms with E-state index in [0.717, 1.165) is 18.1 Å². The number of hydrogen-bond acceptors (Lipinski definition) is 3. The molecule has 0 aliphatic carbocycles. The van der Waals surface area contributed by atoms with Crippen molar-refractivity contribution >= 4 is 23.5 Å². The minimum absolute atomic E-state index is 0.768. The summed E-state index contributed by atoms with van der Waals surface area (Å²) < 4.78 is 0. The first-order valence-electron chi connectivity index (χ1n) is 9.03. The Morgan fingerprint density at radius 2 is 1.12 bits per heavy atom. The lowest BCUT2D eigenvalue weighted by Gasteiger charge is -2.30. The number of benzene rings is 2. The van der Waals surface area contributed by atoms with Crippen LogP contribution in [0.5, 0.6) is 0 Å². The lowest BCUT2D eigenvalue weighted by molar-refractivity contribution is 0.209. The maximum Gasteiger partial charge on any atom is 0.0196 e. The van der Waals surface area contributed by atoms with Gasteiger partial charge in [-0.1, -0.05) is 36.4 Å². The maximum absolute atomic E-state index is 2.88. The third-order valence-electron chi connectivity index (χ3n) is 5.30. The van der Waals surface area contributed by atoms with E-state index in [-0.39, 0.29) is 0 Å². The molecule has 0 N–H and O–H groups in total. The Labute approximate surface area is 154 Å². The summed E-state index contributed by atoms with van der Waals surface area (Å²) in [5.41, 5.74) is 0. The zero-order valence-corrected chi connectivity index (χ0v) is 15.6. The molecule has 0 radical (unpaired) electrons. The first-order valence-corrected chi connectivity index (χ1v) is 11.0. The molecule has 0 spiro atoms. The van der Waals surface area contributed by atoms with Crippen LogP contribution in [-0.4, -0.2) is 34.5 Å². The third kappa shape index (κ3) is 3.84. The molecule has 2 fully saturated rings. The second kappa shape index (κ2) is 7.99. The quantitative estimate of drug-likeness (QED) is 0.624. The number of rotatable bonds is 6. The van der Waals surface area contributed by atoms with Crippen molar-refractivity contribution in [3.63, 3.8) is 0 Å². The Hall–Kier alpha value is -0.900. The fraction of sp³-hybridized carbons (Fsp3) is 0.429. The summed E-state index contributed by atoms with van der Waals surface area (Å²) in [6.07, 6.45) is 5.59. The van der Waals surface area contributed by atoms with Gasteiger partial charge in [0, 0.05) is 39.4 Å². The molecule has 3 atom stereocenters. The van der Waals surface area contributed by atoms with Gasteiger partial charge in [-0.3, -0.25) is 4.90 Å². The Morgan fingerprint density at radius 3 is 1.58 bits per heavy atom. The molecule has 2 saturated heterocycles. The number of hydrogen-bond donors (Lipinski definition) is 0. The van der Waals surface area contributed by atoms with Crippen LogP contribution in [0.1, 0.15) is 25.7 Å². The van der Waals surface area contributed by atoms with Gasteiger partial charge in [-0.15, -0.1) is 23.5 Å². The highest BCUT2D eigenvalue weighted by molar-refractivity contribution is 7.99. The van der Waals surface area contributed by atoms with E-state index >= 15 is 0 Å². The lowest BCUT2D eigenvalue weighted by atomic mass is 10.1. The molecule has 0 bridgehead atoms. The number of thioether (sulfide) groups is 2. The van der Waals surface area contributed by atoms with Gasteiger partial charge in [-0.05, 0) is 49.9 Å². The van der Waals surface area contributed by atoms with Crippen LogP contribution in [0.2, 0.25) is 0 Å². The molecule has 126 valence electrons. The van der Waals surface area contributed by atoms with Crippen molar-refractivity contribution in [3.8, 4) is 0 Å². The Kier molecular flexibility index (Phi) is 5.51. The zero-order valence-electron chi connectivity index (χ0n) is 14.0. The van der Waals surface area contributed by atoms with E-state index < -0.39 is 0 Å². The number of nitrogens with zero attached hydrogens (tertiary/aromatic N) is 1. The van der Waals surface area contributed by atoms with Crippen LogP contribution in [0.4, 0.5) is 0 Å². The monoisotopic (exact) mass is 355 g/mol. The van der Waals surface area contributed by atoms with Crippen LogP contribution in [-0.2, 0) is 0 Å². The molecule has 2 aromatic rings. The molecule has 0 aromatic heterocycles. The van der Waals surface area contributed by atoms with Gasteiger partial charge in [0.15, 0.2) is 0 Å². The summed E-state index contributed by atoms with van der Waals surface area (Å²) in [5.74, 6) is 2.49. The first kappa shape index (κ1) is 16.6. The van der Waals surface area contributed by atoms with Crippen LogP contribution in [0.3, 0.4) is 0 Å². The molecular weight excluding hydrogens is 330 g/mol. The fourth-order valence-corrected chi connectivity index (χ4v) is 6.31. The Morgan fingerprint density at radius 1 is 0.667 bits per heavy atom. The second-order valence-corrected chi connectivity index (χ2v) is 9.00. The van der Waals surface area contributed by atoms with E-state index in [1.165, 1.54) is 47.0 Å². The summed E-state index contributed by atoms with van der Waals surface area (Å²) in [6, 6.07) is 24.1. The molecule has 2 aliphatic heterocycles. The summed E-state index contributed by atoms with van der Waals surface area (Å²) >= 11 is 4.07. The predicted molar refractivity (Wildman–Crippen MR) is 106 cm³/mol. The van der Waals surface area contributed by atoms with E-state index in [9.17, 15) is 0 Å². The van der Waals surface area contributed by atoms with Crippen molar-refractivity contribution < 1.29 is 0 Å². The standard InChI is InChI=1S/C21H25NS2/c1-3-7-20(8-4-1)23-15-18-13-11-17-12-14-19(22(17)18)16-24-21-9-5-2-6-10-21/h1-10,17-19H,11-16H2/t17?,18-,19+. The molecule has 1 unspecified atom stereocenters.